The average Bonchev–Trinajstić information content (AvgIpc) is 2.89. The number of hydrogen-bond acceptors (Lipinski definition) is 4. The minimum Gasteiger partial charge on any atom is -0.461 e. The number of halogens is 2. The normalized spacial score (nSPS) is 18.1. The molecule has 1 fully saturated rings. The van der Waals surface area contributed by atoms with Crippen molar-refractivity contribution >= 4 is 11.9 Å². The first-order valence-electron chi connectivity index (χ1n) is 6.47. The summed E-state index contributed by atoms with van der Waals surface area (Å²) < 4.78 is 30.8. The Balaban J connectivity index is 2.43. The Hall–Kier alpha value is -1.24. The van der Waals surface area contributed by atoms with Crippen LogP contribution in [0.1, 0.15) is 26.7 Å². The van der Waals surface area contributed by atoms with Crippen molar-refractivity contribution in [3.8, 4) is 0 Å². The van der Waals surface area contributed by atoms with Gasteiger partial charge in [-0.15, -0.1) is 0 Å². The molecule has 5 nitrogen and oxygen atoms in total. The van der Waals surface area contributed by atoms with Crippen LogP contribution in [0.4, 0.5) is 8.78 Å². The maximum atomic E-state index is 13.3. The fourth-order valence-corrected chi connectivity index (χ4v) is 1.98. The molecule has 0 saturated carbocycles. The van der Waals surface area contributed by atoms with E-state index in [2.05, 4.69) is 15.0 Å². The molecule has 1 amide bonds. The molecular formula is C12H20F2N2O3. The zero-order chi connectivity index (χ0) is 14.5. The summed E-state index contributed by atoms with van der Waals surface area (Å²) in [5, 5.41) is 2.11. The van der Waals surface area contributed by atoms with Gasteiger partial charge in [0.15, 0.2) is 0 Å². The summed E-state index contributed by atoms with van der Waals surface area (Å²) in [5.41, 5.74) is 0. The molecule has 1 unspecified atom stereocenters. The molecule has 110 valence electrons. The Labute approximate surface area is 111 Å². The largest absolute Gasteiger partial charge is 0.461 e. The third kappa shape index (κ3) is 4.12. The van der Waals surface area contributed by atoms with Gasteiger partial charge in [-0.25, -0.2) is 4.79 Å². The zero-order valence-electron chi connectivity index (χ0n) is 11.2. The van der Waals surface area contributed by atoms with Crippen LogP contribution in [0.3, 0.4) is 0 Å². The van der Waals surface area contributed by atoms with Gasteiger partial charge in [-0.2, -0.15) is 8.78 Å². The van der Waals surface area contributed by atoms with Gasteiger partial charge >= 0.3 is 17.8 Å². The van der Waals surface area contributed by atoms with Gasteiger partial charge < -0.3 is 10.1 Å². The molecule has 1 saturated heterocycles. The summed E-state index contributed by atoms with van der Waals surface area (Å²) in [4.78, 5) is 24.4. The first kappa shape index (κ1) is 15.8. The number of esters is 1. The highest BCUT2D eigenvalue weighted by atomic mass is 19.3. The molecule has 1 rings (SSSR count). The molecule has 1 atom stereocenters. The lowest BCUT2D eigenvalue weighted by atomic mass is 10.2. The number of hydrogen-bond donors (Lipinski definition) is 1. The third-order valence-electron chi connectivity index (χ3n) is 3.14. The Morgan fingerprint density at radius 2 is 1.95 bits per heavy atom. The topological polar surface area (TPSA) is 58.6 Å². The quantitative estimate of drug-likeness (QED) is 0.576. The molecular weight excluding hydrogens is 258 g/mol. The lowest BCUT2D eigenvalue weighted by Gasteiger charge is -2.24. The molecule has 19 heavy (non-hydrogen) atoms. The second-order valence-electron chi connectivity index (χ2n) is 4.60. The molecule has 7 heteroatoms. The molecule has 0 aromatic carbocycles. The summed E-state index contributed by atoms with van der Waals surface area (Å²) in [6.07, 6.45) is 2.16. The van der Waals surface area contributed by atoms with Crippen molar-refractivity contribution in [3.05, 3.63) is 0 Å². The van der Waals surface area contributed by atoms with Gasteiger partial charge in [0, 0.05) is 12.6 Å². The summed E-state index contributed by atoms with van der Waals surface area (Å²) in [6.45, 7) is 4.98. The Morgan fingerprint density at radius 3 is 2.47 bits per heavy atom. The van der Waals surface area contributed by atoms with Gasteiger partial charge in [-0.3, -0.25) is 9.69 Å². The lowest BCUT2D eigenvalue weighted by molar-refractivity contribution is -0.177. The number of rotatable bonds is 6. The number of carbonyl (C=O) groups is 2. The van der Waals surface area contributed by atoms with Crippen molar-refractivity contribution < 1.29 is 23.1 Å². The molecule has 0 radical (unpaired) electrons. The number of amides is 1. The van der Waals surface area contributed by atoms with Gasteiger partial charge in [0.05, 0.1) is 6.61 Å². The highest BCUT2D eigenvalue weighted by Gasteiger charge is 2.49. The van der Waals surface area contributed by atoms with Gasteiger partial charge in [-0.1, -0.05) is 0 Å². The maximum absolute atomic E-state index is 13.3. The summed E-state index contributed by atoms with van der Waals surface area (Å²) in [7, 11) is 0. The highest BCUT2D eigenvalue weighted by Crippen LogP contribution is 2.16. The number of nitrogens with one attached hydrogen (secondary N) is 1. The molecule has 0 bridgehead atoms. The Kier molecular flexibility index (Phi) is 5.65. The lowest BCUT2D eigenvalue weighted by Crippen LogP contribution is -2.50. The average molecular weight is 278 g/mol. The number of likely N-dealkylation sites (tertiary alicyclic amines) is 1. The van der Waals surface area contributed by atoms with Crippen LogP contribution in [0.15, 0.2) is 0 Å². The van der Waals surface area contributed by atoms with E-state index in [9.17, 15) is 18.4 Å². The molecule has 1 aliphatic heterocycles. The van der Waals surface area contributed by atoms with Gasteiger partial charge in [-0.05, 0) is 39.8 Å². The fourth-order valence-electron chi connectivity index (χ4n) is 1.98. The van der Waals surface area contributed by atoms with Crippen LogP contribution in [-0.4, -0.2) is 55.0 Å². The smallest absolute Gasteiger partial charge is 0.418 e. The standard InChI is InChI=1S/C12H20F2N2O3/c1-3-19-11(18)12(13,14)10(17)15-8-9(2)16-6-4-5-7-16/h9H,3-8H2,1-2H3,(H,15,17). The van der Waals surface area contributed by atoms with Crippen LogP contribution < -0.4 is 5.32 Å². The highest BCUT2D eigenvalue weighted by molar-refractivity contribution is 6.04. The molecule has 0 aromatic rings. The molecule has 0 aromatic heterocycles. The van der Waals surface area contributed by atoms with Gasteiger partial charge in [0.1, 0.15) is 0 Å². The molecule has 1 aliphatic rings. The van der Waals surface area contributed by atoms with Crippen LogP contribution in [0.25, 0.3) is 0 Å². The van der Waals surface area contributed by atoms with Crippen LogP contribution in [0.5, 0.6) is 0 Å². The van der Waals surface area contributed by atoms with Crippen LogP contribution in [0, 0.1) is 0 Å². The van der Waals surface area contributed by atoms with E-state index in [0.717, 1.165) is 25.9 Å². The molecule has 0 spiro atoms. The van der Waals surface area contributed by atoms with E-state index < -0.39 is 17.8 Å². The van der Waals surface area contributed by atoms with Crippen molar-refractivity contribution in [1.82, 2.24) is 10.2 Å². The molecule has 1 N–H and O–H groups in total. The van der Waals surface area contributed by atoms with E-state index in [1.807, 2.05) is 6.92 Å². The predicted octanol–water partition coefficient (Wildman–Crippen LogP) is 0.785. The van der Waals surface area contributed by atoms with Gasteiger partial charge in [0.25, 0.3) is 0 Å². The van der Waals surface area contributed by atoms with E-state index in [0.29, 0.717) is 0 Å². The maximum Gasteiger partial charge on any atom is 0.418 e. The minimum absolute atomic E-state index is 0.0237. The second kappa shape index (κ2) is 6.79. The van der Waals surface area contributed by atoms with E-state index in [1.54, 1.807) is 0 Å². The fraction of sp³-hybridized carbons (Fsp3) is 0.833. The summed E-state index contributed by atoms with van der Waals surface area (Å²) in [5.74, 6) is -7.53. The Bertz CT molecular complexity index is 331. The van der Waals surface area contributed by atoms with E-state index in [1.165, 1.54) is 6.92 Å². The van der Waals surface area contributed by atoms with Crippen molar-refractivity contribution in [2.75, 3.05) is 26.2 Å². The summed E-state index contributed by atoms with van der Waals surface area (Å²) >= 11 is 0. The second-order valence-corrected chi connectivity index (χ2v) is 4.60. The SMILES string of the molecule is CCOC(=O)C(F)(F)C(=O)NCC(C)N1CCCC1. The summed E-state index contributed by atoms with van der Waals surface area (Å²) in [6, 6.07) is -0.0237. The van der Waals surface area contributed by atoms with Crippen molar-refractivity contribution in [3.63, 3.8) is 0 Å². The van der Waals surface area contributed by atoms with E-state index in [-0.39, 0.29) is 19.2 Å². The van der Waals surface area contributed by atoms with Crippen molar-refractivity contribution in [2.45, 2.75) is 38.7 Å². The Morgan fingerprint density at radius 1 is 1.37 bits per heavy atom. The number of carbonyl (C=O) groups excluding carboxylic acids is 2. The van der Waals surface area contributed by atoms with Crippen molar-refractivity contribution in [1.29, 1.82) is 0 Å². The van der Waals surface area contributed by atoms with Crippen LogP contribution in [0.2, 0.25) is 0 Å². The van der Waals surface area contributed by atoms with E-state index in [4.69, 9.17) is 0 Å². The predicted molar refractivity (Wildman–Crippen MR) is 64.9 cm³/mol. The minimum atomic E-state index is -4.12. The number of alkyl halides is 2. The van der Waals surface area contributed by atoms with Crippen molar-refractivity contribution in [2.24, 2.45) is 0 Å². The van der Waals surface area contributed by atoms with Gasteiger partial charge in [0.2, 0.25) is 0 Å². The number of nitrogens with zero attached hydrogens (tertiary/aromatic N) is 1. The molecule has 1 heterocycles. The van der Waals surface area contributed by atoms with E-state index >= 15 is 0 Å². The first-order chi connectivity index (χ1) is 8.89. The molecule has 0 aliphatic carbocycles. The third-order valence-corrected chi connectivity index (χ3v) is 3.14. The van der Waals surface area contributed by atoms with Crippen LogP contribution >= 0.6 is 0 Å². The number of ether oxygens (including phenoxy) is 1. The monoisotopic (exact) mass is 278 g/mol. The van der Waals surface area contributed by atoms with Crippen LogP contribution in [-0.2, 0) is 14.3 Å². The zero-order valence-corrected chi connectivity index (χ0v) is 11.2. The first-order valence-corrected chi connectivity index (χ1v) is 6.47.